The summed E-state index contributed by atoms with van der Waals surface area (Å²) in [5.74, 6) is 0.903. The van der Waals surface area contributed by atoms with Gasteiger partial charge in [0.05, 0.1) is 18.0 Å². The summed E-state index contributed by atoms with van der Waals surface area (Å²) in [5, 5.41) is 16.8. The standard InChI is InChI=1S/C15H22ClN3O2/c1-9-4-5-13(20)10(7-9)11-3-2-6-19(11)12-8-17-18-15(21)14(12)16/h8-11,13,20H,2-7H2,1H3,(H,18,21)/t9-,10-,11+,13+/m1/s1. The van der Waals surface area contributed by atoms with Crippen molar-refractivity contribution in [3.63, 3.8) is 0 Å². The molecule has 0 aromatic carbocycles. The lowest BCUT2D eigenvalue weighted by atomic mass is 9.76. The summed E-state index contributed by atoms with van der Waals surface area (Å²) in [6.45, 7) is 3.12. The number of H-pyrrole nitrogens is 1. The number of anilines is 1. The van der Waals surface area contributed by atoms with Crippen molar-refractivity contribution in [1.82, 2.24) is 10.2 Å². The predicted octanol–water partition coefficient (Wildman–Crippen LogP) is 2.19. The Morgan fingerprint density at radius 3 is 3.05 bits per heavy atom. The van der Waals surface area contributed by atoms with E-state index in [4.69, 9.17) is 11.6 Å². The van der Waals surface area contributed by atoms with Crippen LogP contribution in [0.15, 0.2) is 11.0 Å². The normalized spacial score (nSPS) is 33.4. The number of aliphatic hydroxyl groups excluding tert-OH is 1. The van der Waals surface area contributed by atoms with Gasteiger partial charge < -0.3 is 10.0 Å². The molecule has 2 heterocycles. The monoisotopic (exact) mass is 311 g/mol. The fraction of sp³-hybridized carbons (Fsp3) is 0.733. The Hall–Kier alpha value is -1.07. The van der Waals surface area contributed by atoms with Crippen molar-refractivity contribution in [3.8, 4) is 0 Å². The summed E-state index contributed by atoms with van der Waals surface area (Å²) in [6.07, 6.45) is 6.48. The molecular formula is C15H22ClN3O2. The van der Waals surface area contributed by atoms with Crippen LogP contribution >= 0.6 is 11.6 Å². The molecule has 0 unspecified atom stereocenters. The Balaban J connectivity index is 1.88. The summed E-state index contributed by atoms with van der Waals surface area (Å²) < 4.78 is 0. The first-order chi connectivity index (χ1) is 10.1. The third-order valence-electron chi connectivity index (χ3n) is 5.00. The van der Waals surface area contributed by atoms with E-state index < -0.39 is 0 Å². The quantitative estimate of drug-likeness (QED) is 0.878. The third kappa shape index (κ3) is 2.81. The summed E-state index contributed by atoms with van der Waals surface area (Å²) in [4.78, 5) is 13.8. The number of nitrogens with one attached hydrogen (secondary N) is 1. The number of halogens is 1. The first-order valence-electron chi connectivity index (χ1n) is 7.76. The van der Waals surface area contributed by atoms with Crippen molar-refractivity contribution in [2.24, 2.45) is 11.8 Å². The van der Waals surface area contributed by atoms with Gasteiger partial charge in [-0.25, -0.2) is 5.10 Å². The van der Waals surface area contributed by atoms with E-state index in [9.17, 15) is 9.90 Å². The highest BCUT2D eigenvalue weighted by molar-refractivity contribution is 6.33. The number of nitrogens with zero attached hydrogens (tertiary/aromatic N) is 2. The van der Waals surface area contributed by atoms with Crippen LogP contribution in [-0.2, 0) is 0 Å². The van der Waals surface area contributed by atoms with Gasteiger partial charge in [-0.15, -0.1) is 0 Å². The minimum Gasteiger partial charge on any atom is -0.393 e. The van der Waals surface area contributed by atoms with E-state index in [0.29, 0.717) is 11.6 Å². The second kappa shape index (κ2) is 5.97. The van der Waals surface area contributed by atoms with Crippen LogP contribution in [0.1, 0.15) is 39.0 Å². The smallest absolute Gasteiger partial charge is 0.285 e. The highest BCUT2D eigenvalue weighted by atomic mass is 35.5. The molecule has 2 N–H and O–H groups in total. The van der Waals surface area contributed by atoms with E-state index in [1.165, 1.54) is 0 Å². The second-order valence-electron chi connectivity index (χ2n) is 6.45. The zero-order valence-corrected chi connectivity index (χ0v) is 13.0. The molecule has 21 heavy (non-hydrogen) atoms. The molecule has 4 atom stereocenters. The Kier molecular flexibility index (Phi) is 4.22. The lowest BCUT2D eigenvalue weighted by molar-refractivity contribution is 0.0390. The minimum atomic E-state index is -0.350. The molecule has 5 nitrogen and oxygen atoms in total. The molecule has 1 saturated carbocycles. The molecular weight excluding hydrogens is 290 g/mol. The second-order valence-corrected chi connectivity index (χ2v) is 6.83. The van der Waals surface area contributed by atoms with Crippen molar-refractivity contribution in [2.75, 3.05) is 11.4 Å². The number of hydrogen-bond acceptors (Lipinski definition) is 4. The van der Waals surface area contributed by atoms with Crippen LogP contribution in [0.2, 0.25) is 5.02 Å². The van der Waals surface area contributed by atoms with Gasteiger partial charge in [-0.05, 0) is 38.0 Å². The van der Waals surface area contributed by atoms with Crippen LogP contribution < -0.4 is 10.5 Å². The fourth-order valence-electron chi connectivity index (χ4n) is 3.93. The maximum absolute atomic E-state index is 11.7. The summed E-state index contributed by atoms with van der Waals surface area (Å²) in [6, 6.07) is 0.254. The molecule has 0 amide bonds. The third-order valence-corrected chi connectivity index (χ3v) is 5.37. The van der Waals surface area contributed by atoms with E-state index in [-0.39, 0.29) is 28.6 Å². The van der Waals surface area contributed by atoms with Crippen molar-refractivity contribution < 1.29 is 5.11 Å². The molecule has 1 aromatic rings. The number of rotatable bonds is 2. The van der Waals surface area contributed by atoms with Crippen LogP contribution in [0.25, 0.3) is 0 Å². The highest BCUT2D eigenvalue weighted by Gasteiger charge is 2.39. The van der Waals surface area contributed by atoms with E-state index >= 15 is 0 Å². The largest absolute Gasteiger partial charge is 0.393 e. The number of aliphatic hydroxyl groups is 1. The molecule has 6 heteroatoms. The number of aromatic amines is 1. The zero-order chi connectivity index (χ0) is 15.0. The van der Waals surface area contributed by atoms with E-state index in [0.717, 1.165) is 38.6 Å². The van der Waals surface area contributed by atoms with Crippen LogP contribution in [0.5, 0.6) is 0 Å². The molecule has 1 saturated heterocycles. The molecule has 1 aromatic heterocycles. The van der Waals surface area contributed by atoms with Crippen LogP contribution in [-0.4, -0.2) is 34.0 Å². The molecule has 0 bridgehead atoms. The van der Waals surface area contributed by atoms with Gasteiger partial charge in [-0.3, -0.25) is 4.79 Å². The number of aromatic nitrogens is 2. The Labute approximate surface area is 129 Å². The molecule has 116 valence electrons. The van der Waals surface area contributed by atoms with Gasteiger partial charge in [-0.1, -0.05) is 18.5 Å². The molecule has 3 rings (SSSR count). The van der Waals surface area contributed by atoms with Gasteiger partial charge in [0.2, 0.25) is 0 Å². The summed E-state index contributed by atoms with van der Waals surface area (Å²) in [5.41, 5.74) is 0.353. The first kappa shape index (κ1) is 14.9. The maximum atomic E-state index is 11.7. The average molecular weight is 312 g/mol. The van der Waals surface area contributed by atoms with Gasteiger partial charge in [-0.2, -0.15) is 5.10 Å². The van der Waals surface area contributed by atoms with Gasteiger partial charge in [0.15, 0.2) is 0 Å². The molecule has 1 aliphatic heterocycles. The van der Waals surface area contributed by atoms with Crippen LogP contribution in [0.4, 0.5) is 5.69 Å². The first-order valence-corrected chi connectivity index (χ1v) is 8.13. The van der Waals surface area contributed by atoms with Crippen molar-refractivity contribution >= 4 is 17.3 Å². The highest BCUT2D eigenvalue weighted by Crippen LogP contribution is 2.39. The topological polar surface area (TPSA) is 69.2 Å². The van der Waals surface area contributed by atoms with Crippen molar-refractivity contribution in [1.29, 1.82) is 0 Å². The van der Waals surface area contributed by atoms with Gasteiger partial charge in [0, 0.05) is 18.5 Å². The molecule has 0 spiro atoms. The van der Waals surface area contributed by atoms with Crippen LogP contribution in [0, 0.1) is 11.8 Å². The van der Waals surface area contributed by atoms with E-state index in [1.807, 2.05) is 0 Å². The zero-order valence-electron chi connectivity index (χ0n) is 12.3. The Morgan fingerprint density at radius 2 is 2.24 bits per heavy atom. The fourth-order valence-corrected chi connectivity index (χ4v) is 4.13. The van der Waals surface area contributed by atoms with E-state index in [2.05, 4.69) is 22.0 Å². The minimum absolute atomic E-state index is 0.204. The SMILES string of the molecule is C[C@@H]1CC[C@H](O)[C@@H]([C@@H]2CCCN2c2cn[nH]c(=O)c2Cl)C1. The van der Waals surface area contributed by atoms with E-state index in [1.54, 1.807) is 6.20 Å². The summed E-state index contributed by atoms with van der Waals surface area (Å²) in [7, 11) is 0. The van der Waals surface area contributed by atoms with Gasteiger partial charge in [0.25, 0.3) is 5.56 Å². The molecule has 2 fully saturated rings. The predicted molar refractivity (Wildman–Crippen MR) is 82.7 cm³/mol. The number of hydrogen-bond donors (Lipinski definition) is 2. The molecule has 0 radical (unpaired) electrons. The van der Waals surface area contributed by atoms with Gasteiger partial charge in [0.1, 0.15) is 5.02 Å². The van der Waals surface area contributed by atoms with Crippen molar-refractivity contribution in [3.05, 3.63) is 21.6 Å². The van der Waals surface area contributed by atoms with Crippen LogP contribution in [0.3, 0.4) is 0 Å². The summed E-state index contributed by atoms with van der Waals surface area (Å²) >= 11 is 6.15. The van der Waals surface area contributed by atoms with Crippen molar-refractivity contribution in [2.45, 2.75) is 51.2 Å². The molecule has 1 aliphatic carbocycles. The maximum Gasteiger partial charge on any atom is 0.285 e. The average Bonchev–Trinajstić information content (AvgIpc) is 2.93. The Morgan fingerprint density at radius 1 is 1.43 bits per heavy atom. The molecule has 2 aliphatic rings. The van der Waals surface area contributed by atoms with Gasteiger partial charge >= 0.3 is 0 Å². The Bertz CT molecular complexity index is 562. The lowest BCUT2D eigenvalue weighted by Crippen LogP contribution is -2.44. The lowest BCUT2D eigenvalue weighted by Gasteiger charge is -2.40.